The van der Waals surface area contributed by atoms with Crippen molar-refractivity contribution < 1.29 is 4.79 Å². The van der Waals surface area contributed by atoms with E-state index in [9.17, 15) is 4.79 Å². The number of likely N-dealkylation sites (tertiary alicyclic amines) is 1. The topological polar surface area (TPSA) is 32.3 Å². The number of aryl methyl sites for hydroxylation is 3. The number of rotatable bonds is 4. The summed E-state index contributed by atoms with van der Waals surface area (Å²) in [5.41, 5.74) is 1.43. The van der Waals surface area contributed by atoms with E-state index < -0.39 is 0 Å². The Labute approximate surface area is 131 Å². The Morgan fingerprint density at radius 2 is 2.14 bits per heavy atom. The molecule has 0 radical (unpaired) electrons. The molecule has 0 aliphatic carbocycles. The van der Waals surface area contributed by atoms with Crippen LogP contribution in [0.3, 0.4) is 0 Å². The lowest BCUT2D eigenvalue weighted by Gasteiger charge is -2.24. The first kappa shape index (κ1) is 15.0. The predicted molar refractivity (Wildman–Crippen MR) is 87.9 cm³/mol. The first-order chi connectivity index (χ1) is 10.1. The van der Waals surface area contributed by atoms with Gasteiger partial charge in [-0.25, -0.2) is 0 Å². The lowest BCUT2D eigenvalue weighted by Crippen LogP contribution is -2.38. The van der Waals surface area contributed by atoms with Gasteiger partial charge in [-0.05, 0) is 57.6 Å². The second-order valence-electron chi connectivity index (χ2n) is 6.56. The van der Waals surface area contributed by atoms with E-state index >= 15 is 0 Å². The van der Waals surface area contributed by atoms with Crippen molar-refractivity contribution >= 4 is 17.2 Å². The minimum Gasteiger partial charge on any atom is -0.341 e. The first-order valence-electron chi connectivity index (χ1n) is 8.21. The van der Waals surface area contributed by atoms with Crippen LogP contribution in [0.25, 0.3) is 0 Å². The van der Waals surface area contributed by atoms with Gasteiger partial charge in [0.25, 0.3) is 0 Å². The van der Waals surface area contributed by atoms with Crippen LogP contribution in [0, 0.1) is 13.8 Å². The summed E-state index contributed by atoms with van der Waals surface area (Å²) in [6.45, 7) is 6.22. The summed E-state index contributed by atoms with van der Waals surface area (Å²) in [4.78, 5) is 17.3. The van der Waals surface area contributed by atoms with Crippen molar-refractivity contribution in [2.45, 2.75) is 64.5 Å². The second kappa shape index (κ2) is 6.49. The fourth-order valence-corrected chi connectivity index (χ4v) is 4.67. The van der Waals surface area contributed by atoms with E-state index in [4.69, 9.17) is 0 Å². The van der Waals surface area contributed by atoms with Gasteiger partial charge in [0.15, 0.2) is 0 Å². The van der Waals surface area contributed by atoms with E-state index in [2.05, 4.69) is 30.1 Å². The molecule has 2 saturated heterocycles. The fourth-order valence-electron chi connectivity index (χ4n) is 3.69. The number of fused-ring (bicyclic) bond motifs is 2. The molecule has 3 nitrogen and oxygen atoms in total. The average Bonchev–Trinajstić information content (AvgIpc) is 2.91. The van der Waals surface area contributed by atoms with Gasteiger partial charge >= 0.3 is 0 Å². The minimum atomic E-state index is 0.356. The van der Waals surface area contributed by atoms with Crippen LogP contribution in [0.15, 0.2) is 6.07 Å². The molecule has 2 aliphatic heterocycles. The maximum atomic E-state index is 12.4. The van der Waals surface area contributed by atoms with Gasteiger partial charge < -0.3 is 10.2 Å². The van der Waals surface area contributed by atoms with Crippen LogP contribution in [0.4, 0.5) is 0 Å². The summed E-state index contributed by atoms with van der Waals surface area (Å²) in [5.74, 6) is 0.356. The van der Waals surface area contributed by atoms with Crippen molar-refractivity contribution in [1.29, 1.82) is 0 Å². The number of hydrogen-bond acceptors (Lipinski definition) is 3. The number of thiophene rings is 1. The SMILES string of the molecule is Cc1cc(CCCC(=O)N2CCC3CCC(C2)N3)c(C)s1. The molecule has 1 aromatic heterocycles. The van der Waals surface area contributed by atoms with E-state index in [0.717, 1.165) is 32.4 Å². The fraction of sp³-hybridized carbons (Fsp3) is 0.706. The van der Waals surface area contributed by atoms with Crippen LogP contribution in [-0.2, 0) is 11.2 Å². The Kier molecular flexibility index (Phi) is 4.65. The van der Waals surface area contributed by atoms with Crippen molar-refractivity contribution in [3.05, 3.63) is 21.4 Å². The molecule has 1 amide bonds. The molecule has 2 aliphatic rings. The molecule has 3 heterocycles. The summed E-state index contributed by atoms with van der Waals surface area (Å²) in [6, 6.07) is 3.48. The summed E-state index contributed by atoms with van der Waals surface area (Å²) in [5, 5.41) is 3.64. The van der Waals surface area contributed by atoms with Crippen LogP contribution in [0.5, 0.6) is 0 Å². The zero-order chi connectivity index (χ0) is 14.8. The number of hydrogen-bond donors (Lipinski definition) is 1. The highest BCUT2D eigenvalue weighted by molar-refractivity contribution is 7.12. The standard InChI is InChI=1S/C17H26N2OS/c1-12-10-14(13(2)21-12)4-3-5-17(20)19-9-8-15-6-7-16(11-19)18-15/h10,15-16,18H,3-9,11H2,1-2H3. The number of amides is 1. The zero-order valence-electron chi connectivity index (χ0n) is 13.2. The third-order valence-corrected chi connectivity index (χ3v) is 5.86. The molecule has 4 heteroatoms. The van der Waals surface area contributed by atoms with Crippen LogP contribution >= 0.6 is 11.3 Å². The van der Waals surface area contributed by atoms with Gasteiger partial charge in [-0.1, -0.05) is 0 Å². The zero-order valence-corrected chi connectivity index (χ0v) is 14.0. The largest absolute Gasteiger partial charge is 0.341 e. The molecule has 1 aromatic rings. The third-order valence-electron chi connectivity index (χ3n) is 4.86. The third kappa shape index (κ3) is 3.67. The Bertz CT molecular complexity index is 511. The van der Waals surface area contributed by atoms with Crippen LogP contribution < -0.4 is 5.32 Å². The number of carbonyl (C=O) groups is 1. The molecule has 116 valence electrons. The van der Waals surface area contributed by atoms with Crippen LogP contribution in [0.1, 0.15) is 47.4 Å². The molecule has 3 rings (SSSR count). The Hall–Kier alpha value is -0.870. The molecule has 1 N–H and O–H groups in total. The first-order valence-corrected chi connectivity index (χ1v) is 9.03. The van der Waals surface area contributed by atoms with E-state index in [1.807, 2.05) is 11.3 Å². The van der Waals surface area contributed by atoms with Crippen molar-refractivity contribution in [2.24, 2.45) is 0 Å². The van der Waals surface area contributed by atoms with Crippen LogP contribution in [0.2, 0.25) is 0 Å². The van der Waals surface area contributed by atoms with Crippen molar-refractivity contribution in [3.8, 4) is 0 Å². The van der Waals surface area contributed by atoms with Gasteiger partial charge in [0.1, 0.15) is 0 Å². The molecule has 2 fully saturated rings. The van der Waals surface area contributed by atoms with Gasteiger partial charge in [-0.3, -0.25) is 4.79 Å². The Balaban J connectivity index is 1.46. The molecular formula is C17H26N2OS. The quantitative estimate of drug-likeness (QED) is 0.927. The maximum absolute atomic E-state index is 12.4. The highest BCUT2D eigenvalue weighted by Crippen LogP contribution is 2.23. The monoisotopic (exact) mass is 306 g/mol. The van der Waals surface area contributed by atoms with Crippen molar-refractivity contribution in [2.75, 3.05) is 13.1 Å². The van der Waals surface area contributed by atoms with Crippen molar-refractivity contribution in [3.63, 3.8) is 0 Å². The predicted octanol–water partition coefficient (Wildman–Crippen LogP) is 3.04. The number of nitrogens with zero attached hydrogens (tertiary/aromatic N) is 1. The van der Waals surface area contributed by atoms with Gasteiger partial charge in [-0.2, -0.15) is 0 Å². The minimum absolute atomic E-state index is 0.356. The lowest BCUT2D eigenvalue weighted by atomic mass is 10.1. The summed E-state index contributed by atoms with van der Waals surface area (Å²) >= 11 is 1.86. The van der Waals surface area contributed by atoms with E-state index in [0.29, 0.717) is 24.4 Å². The molecular weight excluding hydrogens is 280 g/mol. The van der Waals surface area contributed by atoms with Crippen molar-refractivity contribution in [1.82, 2.24) is 10.2 Å². The van der Waals surface area contributed by atoms with E-state index in [1.165, 1.54) is 28.2 Å². The molecule has 0 spiro atoms. The number of carbonyl (C=O) groups excluding carboxylic acids is 1. The average molecular weight is 306 g/mol. The highest BCUT2D eigenvalue weighted by Gasteiger charge is 2.30. The van der Waals surface area contributed by atoms with Gasteiger partial charge in [0.2, 0.25) is 5.91 Å². The molecule has 2 atom stereocenters. The summed E-state index contributed by atoms with van der Waals surface area (Å²) in [7, 11) is 0. The maximum Gasteiger partial charge on any atom is 0.222 e. The smallest absolute Gasteiger partial charge is 0.222 e. The Morgan fingerprint density at radius 3 is 2.90 bits per heavy atom. The van der Waals surface area contributed by atoms with E-state index in [-0.39, 0.29) is 0 Å². The summed E-state index contributed by atoms with van der Waals surface area (Å²) < 4.78 is 0. The summed E-state index contributed by atoms with van der Waals surface area (Å²) in [6.07, 6.45) is 6.38. The molecule has 0 aromatic carbocycles. The van der Waals surface area contributed by atoms with Gasteiger partial charge in [0.05, 0.1) is 0 Å². The molecule has 0 saturated carbocycles. The Morgan fingerprint density at radius 1 is 1.33 bits per heavy atom. The lowest BCUT2D eigenvalue weighted by molar-refractivity contribution is -0.131. The molecule has 2 unspecified atom stereocenters. The number of nitrogens with one attached hydrogen (secondary N) is 1. The van der Waals surface area contributed by atoms with Crippen LogP contribution in [-0.4, -0.2) is 36.0 Å². The normalized spacial score (nSPS) is 25.1. The van der Waals surface area contributed by atoms with Gasteiger partial charge in [0, 0.05) is 41.3 Å². The highest BCUT2D eigenvalue weighted by atomic mass is 32.1. The second-order valence-corrected chi connectivity index (χ2v) is 8.02. The van der Waals surface area contributed by atoms with E-state index in [1.54, 1.807) is 0 Å². The van der Waals surface area contributed by atoms with Gasteiger partial charge in [-0.15, -0.1) is 11.3 Å². The molecule has 21 heavy (non-hydrogen) atoms. The molecule has 2 bridgehead atoms.